The zero-order chi connectivity index (χ0) is 14.8. The molecule has 7 heteroatoms. The molecule has 0 spiro atoms. The largest absolute Gasteiger partial charge is 0.480 e. The maximum absolute atomic E-state index is 13.7. The Morgan fingerprint density at radius 2 is 2.05 bits per heavy atom. The van der Waals surface area contributed by atoms with Crippen LogP contribution < -0.4 is 0 Å². The minimum absolute atomic E-state index is 0.0524. The van der Waals surface area contributed by atoms with Crippen molar-refractivity contribution in [2.75, 3.05) is 6.54 Å². The van der Waals surface area contributed by atoms with Crippen LogP contribution in [-0.4, -0.2) is 36.4 Å². The zero-order valence-corrected chi connectivity index (χ0v) is 11.7. The van der Waals surface area contributed by atoms with E-state index in [1.54, 1.807) is 6.92 Å². The Balaban J connectivity index is 3.36. The molecule has 0 aliphatic carbocycles. The van der Waals surface area contributed by atoms with Gasteiger partial charge in [0.15, 0.2) is 0 Å². The summed E-state index contributed by atoms with van der Waals surface area (Å²) >= 11 is 0. The van der Waals surface area contributed by atoms with Gasteiger partial charge in [-0.15, -0.1) is 0 Å². The lowest BCUT2D eigenvalue weighted by molar-refractivity contribution is -0.140. The summed E-state index contributed by atoms with van der Waals surface area (Å²) in [4.78, 5) is 10.4. The first kappa shape index (κ1) is 15.6. The standard InChI is InChI=1S/C12H16FNO4S/c1-4-14(9(3)12(15)16)19(17,18)11-7-8(2)5-6-10(11)13/h5-7,9H,4H2,1-3H3,(H,15,16). The van der Waals surface area contributed by atoms with Crippen molar-refractivity contribution >= 4 is 16.0 Å². The predicted octanol–water partition coefficient (Wildman–Crippen LogP) is 1.62. The first-order valence-electron chi connectivity index (χ1n) is 5.72. The third-order valence-electron chi connectivity index (χ3n) is 2.77. The minimum Gasteiger partial charge on any atom is -0.480 e. The minimum atomic E-state index is -4.17. The van der Waals surface area contributed by atoms with E-state index in [-0.39, 0.29) is 6.54 Å². The van der Waals surface area contributed by atoms with Crippen molar-refractivity contribution < 1.29 is 22.7 Å². The summed E-state index contributed by atoms with van der Waals surface area (Å²) in [7, 11) is -4.17. The van der Waals surface area contributed by atoms with E-state index in [0.29, 0.717) is 5.56 Å². The zero-order valence-electron chi connectivity index (χ0n) is 10.9. The molecule has 0 fully saturated rings. The van der Waals surface area contributed by atoms with Gasteiger partial charge >= 0.3 is 5.97 Å². The molecule has 1 aromatic carbocycles. The highest BCUT2D eigenvalue weighted by Gasteiger charge is 2.33. The van der Waals surface area contributed by atoms with Crippen molar-refractivity contribution in [3.05, 3.63) is 29.6 Å². The maximum atomic E-state index is 13.7. The van der Waals surface area contributed by atoms with Crippen LogP contribution in [0.5, 0.6) is 0 Å². The monoisotopic (exact) mass is 289 g/mol. The number of halogens is 1. The van der Waals surface area contributed by atoms with Gasteiger partial charge in [0.25, 0.3) is 0 Å². The van der Waals surface area contributed by atoms with Gasteiger partial charge in [-0.05, 0) is 31.5 Å². The van der Waals surface area contributed by atoms with Crippen molar-refractivity contribution in [3.63, 3.8) is 0 Å². The van der Waals surface area contributed by atoms with Gasteiger partial charge in [-0.3, -0.25) is 4.79 Å². The molecule has 5 nitrogen and oxygen atoms in total. The van der Waals surface area contributed by atoms with Gasteiger partial charge in [0.1, 0.15) is 16.8 Å². The summed E-state index contributed by atoms with van der Waals surface area (Å²) in [6, 6.07) is 2.45. The number of carbonyl (C=O) groups is 1. The van der Waals surface area contributed by atoms with E-state index in [0.717, 1.165) is 10.4 Å². The number of aliphatic carboxylic acids is 1. The van der Waals surface area contributed by atoms with Gasteiger partial charge in [0, 0.05) is 6.54 Å². The second-order valence-corrected chi connectivity index (χ2v) is 6.02. The molecular formula is C12H16FNO4S. The molecule has 0 amide bonds. The average Bonchev–Trinajstić information content (AvgIpc) is 2.32. The van der Waals surface area contributed by atoms with Crippen LogP contribution in [0.2, 0.25) is 0 Å². The summed E-state index contributed by atoms with van der Waals surface area (Å²) in [6.07, 6.45) is 0. The highest BCUT2D eigenvalue weighted by Crippen LogP contribution is 2.22. The highest BCUT2D eigenvalue weighted by atomic mass is 32.2. The van der Waals surface area contributed by atoms with Crippen molar-refractivity contribution in [1.29, 1.82) is 0 Å². The van der Waals surface area contributed by atoms with Crippen LogP contribution in [0.3, 0.4) is 0 Å². The molecule has 1 atom stereocenters. The molecule has 0 saturated heterocycles. The summed E-state index contributed by atoms with van der Waals surface area (Å²) in [5.74, 6) is -2.17. The fraction of sp³-hybridized carbons (Fsp3) is 0.417. The van der Waals surface area contributed by atoms with Crippen LogP contribution in [0.15, 0.2) is 23.1 Å². The lowest BCUT2D eigenvalue weighted by atomic mass is 10.2. The quantitative estimate of drug-likeness (QED) is 0.893. The molecule has 0 aromatic heterocycles. The number of likely N-dealkylation sites (N-methyl/N-ethyl adjacent to an activating group) is 1. The predicted molar refractivity (Wildman–Crippen MR) is 67.8 cm³/mol. The van der Waals surface area contributed by atoms with Crippen molar-refractivity contribution in [2.45, 2.75) is 31.7 Å². The number of nitrogens with zero attached hydrogens (tertiary/aromatic N) is 1. The lowest BCUT2D eigenvalue weighted by Gasteiger charge is -2.24. The van der Waals surface area contributed by atoms with Crippen molar-refractivity contribution in [1.82, 2.24) is 4.31 Å². The molecule has 106 valence electrons. The molecule has 1 aromatic rings. The molecule has 0 bridgehead atoms. The maximum Gasteiger partial charge on any atom is 0.321 e. The Morgan fingerprint density at radius 1 is 1.47 bits per heavy atom. The number of sulfonamides is 1. The van der Waals surface area contributed by atoms with Crippen molar-refractivity contribution in [3.8, 4) is 0 Å². The molecule has 0 saturated carbocycles. The van der Waals surface area contributed by atoms with Crippen molar-refractivity contribution in [2.24, 2.45) is 0 Å². The van der Waals surface area contributed by atoms with Gasteiger partial charge in [-0.1, -0.05) is 13.0 Å². The SMILES string of the molecule is CCN(C(C)C(=O)O)S(=O)(=O)c1cc(C)ccc1F. The van der Waals surface area contributed by atoms with Crippen LogP contribution in [0.4, 0.5) is 4.39 Å². The Bertz CT molecular complexity index is 585. The Kier molecular flexibility index (Phi) is 4.65. The number of aryl methyl sites for hydroxylation is 1. The molecule has 0 heterocycles. The Hall–Kier alpha value is -1.47. The van der Waals surface area contributed by atoms with E-state index in [9.17, 15) is 17.6 Å². The van der Waals surface area contributed by atoms with E-state index in [1.807, 2.05) is 0 Å². The van der Waals surface area contributed by atoms with Gasteiger partial charge < -0.3 is 5.11 Å². The molecule has 19 heavy (non-hydrogen) atoms. The normalized spacial score (nSPS) is 13.5. The molecule has 1 unspecified atom stereocenters. The van der Waals surface area contributed by atoms with E-state index in [2.05, 4.69) is 0 Å². The number of rotatable bonds is 5. The highest BCUT2D eigenvalue weighted by molar-refractivity contribution is 7.89. The summed E-state index contributed by atoms with van der Waals surface area (Å²) < 4.78 is 39.0. The van der Waals surface area contributed by atoms with E-state index in [4.69, 9.17) is 5.11 Å². The van der Waals surface area contributed by atoms with Gasteiger partial charge in [-0.25, -0.2) is 12.8 Å². The number of carboxylic acids is 1. The molecule has 1 rings (SSSR count). The first-order valence-corrected chi connectivity index (χ1v) is 7.16. The topological polar surface area (TPSA) is 74.7 Å². The molecular weight excluding hydrogens is 273 g/mol. The van der Waals surface area contributed by atoms with E-state index in [1.165, 1.54) is 26.0 Å². The Morgan fingerprint density at radius 3 is 2.53 bits per heavy atom. The van der Waals surface area contributed by atoms with Crippen LogP contribution in [-0.2, 0) is 14.8 Å². The fourth-order valence-corrected chi connectivity index (χ4v) is 3.46. The molecule has 0 radical (unpaired) electrons. The summed E-state index contributed by atoms with van der Waals surface area (Å²) in [5, 5.41) is 8.92. The van der Waals surface area contributed by atoms with E-state index >= 15 is 0 Å². The molecule has 1 N–H and O–H groups in total. The molecule has 0 aliphatic heterocycles. The lowest BCUT2D eigenvalue weighted by Crippen LogP contribution is -2.43. The van der Waals surface area contributed by atoms with Crippen LogP contribution in [0.1, 0.15) is 19.4 Å². The summed E-state index contributed by atoms with van der Waals surface area (Å²) in [5.41, 5.74) is 0.582. The second-order valence-electron chi connectivity index (χ2n) is 4.16. The van der Waals surface area contributed by atoms with Gasteiger partial charge in [0.2, 0.25) is 10.0 Å². The van der Waals surface area contributed by atoms with Gasteiger partial charge in [0.05, 0.1) is 0 Å². The number of benzene rings is 1. The third kappa shape index (κ3) is 3.10. The van der Waals surface area contributed by atoms with E-state index < -0.39 is 32.7 Å². The average molecular weight is 289 g/mol. The summed E-state index contributed by atoms with van der Waals surface area (Å²) in [6.45, 7) is 4.33. The number of carboxylic acid groups (broad SMARTS) is 1. The van der Waals surface area contributed by atoms with Gasteiger partial charge in [-0.2, -0.15) is 4.31 Å². The number of hydrogen-bond acceptors (Lipinski definition) is 3. The van der Waals surface area contributed by atoms with Crippen LogP contribution in [0, 0.1) is 12.7 Å². The van der Waals surface area contributed by atoms with Crippen LogP contribution >= 0.6 is 0 Å². The Labute approximate surface area is 111 Å². The first-order chi connectivity index (χ1) is 8.71. The van der Waals surface area contributed by atoms with Crippen LogP contribution in [0.25, 0.3) is 0 Å². The second kappa shape index (κ2) is 5.66. The third-order valence-corrected chi connectivity index (χ3v) is 4.83. The number of hydrogen-bond donors (Lipinski definition) is 1. The smallest absolute Gasteiger partial charge is 0.321 e. The molecule has 0 aliphatic rings. The fourth-order valence-electron chi connectivity index (χ4n) is 1.71.